The number of aliphatic hydroxyl groups excluding tert-OH is 2. The van der Waals surface area contributed by atoms with Crippen molar-refractivity contribution in [2.75, 3.05) is 13.1 Å². The van der Waals surface area contributed by atoms with Gasteiger partial charge in [0.05, 0.1) is 12.7 Å². The van der Waals surface area contributed by atoms with Crippen molar-refractivity contribution < 1.29 is 15.0 Å². The van der Waals surface area contributed by atoms with Crippen molar-refractivity contribution in [2.24, 2.45) is 0 Å². The Labute approximate surface area is 107 Å². The zero-order valence-electron chi connectivity index (χ0n) is 10.4. The van der Waals surface area contributed by atoms with Crippen LogP contribution >= 0.6 is 0 Å². The molecule has 0 aromatic heterocycles. The van der Waals surface area contributed by atoms with Gasteiger partial charge in [-0.15, -0.1) is 0 Å². The number of amides is 1. The van der Waals surface area contributed by atoms with Crippen molar-refractivity contribution in [2.45, 2.75) is 32.0 Å². The third-order valence-corrected chi connectivity index (χ3v) is 3.37. The average molecular weight is 249 g/mol. The summed E-state index contributed by atoms with van der Waals surface area (Å²) < 4.78 is 0. The minimum atomic E-state index is -0.278. The molecule has 2 rings (SSSR count). The fourth-order valence-corrected chi connectivity index (χ4v) is 2.22. The van der Waals surface area contributed by atoms with Crippen LogP contribution in [0.15, 0.2) is 24.3 Å². The van der Waals surface area contributed by atoms with Crippen molar-refractivity contribution >= 4 is 5.91 Å². The summed E-state index contributed by atoms with van der Waals surface area (Å²) in [5.41, 5.74) is 1.45. The van der Waals surface area contributed by atoms with E-state index in [2.05, 4.69) is 0 Å². The quantitative estimate of drug-likeness (QED) is 0.827. The lowest BCUT2D eigenvalue weighted by Gasteiger charge is -2.20. The summed E-state index contributed by atoms with van der Waals surface area (Å²) in [6.07, 6.45) is 1.99. The van der Waals surface area contributed by atoms with Gasteiger partial charge in [-0.25, -0.2) is 0 Å². The van der Waals surface area contributed by atoms with Crippen molar-refractivity contribution in [3.05, 3.63) is 35.4 Å². The first kappa shape index (κ1) is 13.1. The number of hydrogen-bond acceptors (Lipinski definition) is 3. The molecule has 18 heavy (non-hydrogen) atoms. The van der Waals surface area contributed by atoms with Crippen molar-refractivity contribution in [1.29, 1.82) is 0 Å². The molecule has 0 spiro atoms. The number of carbonyl (C=O) groups excluding carboxylic acids is 1. The molecule has 4 heteroatoms. The lowest BCUT2D eigenvalue weighted by molar-refractivity contribution is 0.0753. The second-order valence-corrected chi connectivity index (χ2v) is 4.73. The van der Waals surface area contributed by atoms with Gasteiger partial charge in [0.2, 0.25) is 0 Å². The first-order valence-electron chi connectivity index (χ1n) is 6.38. The third-order valence-electron chi connectivity index (χ3n) is 3.37. The van der Waals surface area contributed by atoms with Crippen LogP contribution in [0.1, 0.15) is 35.2 Å². The van der Waals surface area contributed by atoms with Gasteiger partial charge in [-0.05, 0) is 37.0 Å². The van der Waals surface area contributed by atoms with E-state index in [9.17, 15) is 9.90 Å². The lowest BCUT2D eigenvalue weighted by Crippen LogP contribution is -2.32. The predicted octanol–water partition coefficient (Wildman–Crippen LogP) is 1.17. The number of benzene rings is 1. The zero-order valence-corrected chi connectivity index (χ0v) is 10.4. The minimum Gasteiger partial charge on any atom is -0.393 e. The maximum atomic E-state index is 12.2. The molecule has 1 unspecified atom stereocenters. The molecule has 1 atom stereocenters. The van der Waals surface area contributed by atoms with Gasteiger partial charge in [0.1, 0.15) is 0 Å². The predicted molar refractivity (Wildman–Crippen MR) is 68.1 cm³/mol. The maximum absolute atomic E-state index is 12.2. The molecule has 0 bridgehead atoms. The van der Waals surface area contributed by atoms with E-state index in [4.69, 9.17) is 5.11 Å². The third kappa shape index (κ3) is 3.09. The fraction of sp³-hybridized carbons (Fsp3) is 0.500. The Bertz CT molecular complexity index is 402. The van der Waals surface area contributed by atoms with Gasteiger partial charge in [0.25, 0.3) is 5.91 Å². The zero-order chi connectivity index (χ0) is 13.0. The number of nitrogens with zero attached hydrogens (tertiary/aromatic N) is 1. The number of rotatable bonds is 2. The molecule has 98 valence electrons. The average Bonchev–Trinajstić information content (AvgIpc) is 2.63. The molecular weight excluding hydrogens is 230 g/mol. The highest BCUT2D eigenvalue weighted by molar-refractivity contribution is 5.94. The van der Waals surface area contributed by atoms with Crippen LogP contribution in [0.25, 0.3) is 0 Å². The number of hydrogen-bond donors (Lipinski definition) is 2. The van der Waals surface area contributed by atoms with Crippen LogP contribution in [-0.2, 0) is 6.61 Å². The molecule has 1 fully saturated rings. The van der Waals surface area contributed by atoms with Crippen LogP contribution < -0.4 is 0 Å². The highest BCUT2D eigenvalue weighted by Crippen LogP contribution is 2.14. The molecule has 1 amide bonds. The van der Waals surface area contributed by atoms with Gasteiger partial charge >= 0.3 is 0 Å². The molecule has 0 aliphatic carbocycles. The fourth-order valence-electron chi connectivity index (χ4n) is 2.22. The van der Waals surface area contributed by atoms with E-state index in [1.54, 1.807) is 29.2 Å². The molecule has 2 N–H and O–H groups in total. The molecule has 4 nitrogen and oxygen atoms in total. The second-order valence-electron chi connectivity index (χ2n) is 4.73. The van der Waals surface area contributed by atoms with E-state index in [1.807, 2.05) is 0 Å². The van der Waals surface area contributed by atoms with Crippen LogP contribution in [-0.4, -0.2) is 40.2 Å². The molecular formula is C14H19NO3. The Kier molecular flexibility index (Phi) is 4.33. The highest BCUT2D eigenvalue weighted by Gasteiger charge is 2.20. The van der Waals surface area contributed by atoms with Gasteiger partial charge in [-0.1, -0.05) is 12.1 Å². The Morgan fingerprint density at radius 2 is 1.94 bits per heavy atom. The molecule has 1 aromatic carbocycles. The number of likely N-dealkylation sites (tertiary alicyclic amines) is 1. The topological polar surface area (TPSA) is 60.8 Å². The summed E-state index contributed by atoms with van der Waals surface area (Å²) in [6.45, 7) is 1.31. The van der Waals surface area contributed by atoms with Crippen LogP contribution in [0.2, 0.25) is 0 Å². The largest absolute Gasteiger partial charge is 0.393 e. The van der Waals surface area contributed by atoms with Crippen LogP contribution in [0.4, 0.5) is 0 Å². The summed E-state index contributed by atoms with van der Waals surface area (Å²) in [4.78, 5) is 14.0. The summed E-state index contributed by atoms with van der Waals surface area (Å²) in [5.74, 6) is 0.00795. The van der Waals surface area contributed by atoms with E-state index in [0.717, 1.165) is 18.4 Å². The standard InChI is InChI=1S/C14H19NO3/c16-10-11-3-5-12(6-4-11)14(18)15-8-1-2-13(17)7-9-15/h3-6,13,16-17H,1-2,7-10H2. The second kappa shape index (κ2) is 5.98. The Morgan fingerprint density at radius 3 is 2.61 bits per heavy atom. The van der Waals surface area contributed by atoms with E-state index < -0.39 is 0 Å². The van der Waals surface area contributed by atoms with Crippen molar-refractivity contribution in [1.82, 2.24) is 4.90 Å². The SMILES string of the molecule is O=C(c1ccc(CO)cc1)N1CCCC(O)CC1. The number of carbonyl (C=O) groups is 1. The van der Waals surface area contributed by atoms with Crippen LogP contribution in [0.3, 0.4) is 0 Å². The monoisotopic (exact) mass is 249 g/mol. The van der Waals surface area contributed by atoms with Gasteiger partial charge in [-0.3, -0.25) is 4.79 Å². The summed E-state index contributed by atoms with van der Waals surface area (Å²) >= 11 is 0. The van der Waals surface area contributed by atoms with Gasteiger partial charge in [0, 0.05) is 18.7 Å². The first-order chi connectivity index (χ1) is 8.70. The van der Waals surface area contributed by atoms with Gasteiger partial charge in [-0.2, -0.15) is 0 Å². The Hall–Kier alpha value is -1.39. The maximum Gasteiger partial charge on any atom is 0.253 e. The highest BCUT2D eigenvalue weighted by atomic mass is 16.3. The van der Waals surface area contributed by atoms with E-state index in [-0.39, 0.29) is 18.6 Å². The molecule has 1 heterocycles. The Balaban J connectivity index is 2.05. The van der Waals surface area contributed by atoms with Crippen LogP contribution in [0.5, 0.6) is 0 Å². The summed E-state index contributed by atoms with van der Waals surface area (Å²) in [6, 6.07) is 7.02. The molecule has 1 aliphatic rings. The molecule has 1 aromatic rings. The van der Waals surface area contributed by atoms with Gasteiger partial charge in [0.15, 0.2) is 0 Å². The summed E-state index contributed by atoms with van der Waals surface area (Å²) in [7, 11) is 0. The van der Waals surface area contributed by atoms with Crippen molar-refractivity contribution in [3.63, 3.8) is 0 Å². The number of aliphatic hydroxyl groups is 2. The molecule has 1 saturated heterocycles. The van der Waals surface area contributed by atoms with E-state index >= 15 is 0 Å². The smallest absolute Gasteiger partial charge is 0.253 e. The van der Waals surface area contributed by atoms with Crippen LogP contribution in [0, 0.1) is 0 Å². The van der Waals surface area contributed by atoms with E-state index in [1.165, 1.54) is 0 Å². The van der Waals surface area contributed by atoms with Gasteiger partial charge < -0.3 is 15.1 Å². The van der Waals surface area contributed by atoms with E-state index in [0.29, 0.717) is 25.1 Å². The first-order valence-corrected chi connectivity index (χ1v) is 6.38. The minimum absolute atomic E-state index is 0.00795. The molecule has 1 aliphatic heterocycles. The summed E-state index contributed by atoms with van der Waals surface area (Å²) in [5, 5.41) is 18.5. The molecule has 0 radical (unpaired) electrons. The molecule has 0 saturated carbocycles. The lowest BCUT2D eigenvalue weighted by atomic mass is 10.1. The normalized spacial score (nSPS) is 20.6. The Morgan fingerprint density at radius 1 is 1.22 bits per heavy atom. The van der Waals surface area contributed by atoms with Crippen molar-refractivity contribution in [3.8, 4) is 0 Å².